The fourth-order valence-electron chi connectivity index (χ4n) is 2.45. The van der Waals surface area contributed by atoms with Crippen molar-refractivity contribution in [1.29, 1.82) is 0 Å². The van der Waals surface area contributed by atoms with E-state index in [1.807, 2.05) is 73.7 Å². The Bertz CT molecular complexity index is 935. The first-order chi connectivity index (χ1) is 13.1. The number of nitrogens with zero attached hydrogens (tertiary/aromatic N) is 1. The summed E-state index contributed by atoms with van der Waals surface area (Å²) in [5, 5.41) is 4.72. The highest BCUT2D eigenvalue weighted by Crippen LogP contribution is 2.15. The van der Waals surface area contributed by atoms with E-state index in [9.17, 15) is 4.79 Å². The van der Waals surface area contributed by atoms with Crippen LogP contribution < -0.4 is 10.2 Å². The van der Waals surface area contributed by atoms with Crippen LogP contribution in [0.25, 0.3) is 0 Å². The van der Waals surface area contributed by atoms with Gasteiger partial charge in [0.2, 0.25) is 0 Å². The van der Waals surface area contributed by atoms with Crippen LogP contribution in [0.5, 0.6) is 5.75 Å². The quantitative estimate of drug-likeness (QED) is 0.485. The first-order valence-electron chi connectivity index (χ1n) is 8.48. The van der Waals surface area contributed by atoms with E-state index in [-0.39, 0.29) is 5.91 Å². The molecule has 0 saturated carbocycles. The van der Waals surface area contributed by atoms with Gasteiger partial charge < -0.3 is 4.74 Å². The van der Waals surface area contributed by atoms with Gasteiger partial charge in [0, 0.05) is 10.6 Å². The Morgan fingerprint density at radius 2 is 1.74 bits per heavy atom. The Morgan fingerprint density at radius 3 is 2.44 bits per heavy atom. The Balaban J connectivity index is 1.52. The van der Waals surface area contributed by atoms with Crippen molar-refractivity contribution in [3.63, 3.8) is 0 Å². The second-order valence-corrected chi connectivity index (χ2v) is 6.43. The zero-order chi connectivity index (χ0) is 19.1. The molecule has 0 atom stereocenters. The fourth-order valence-corrected chi connectivity index (χ4v) is 2.58. The van der Waals surface area contributed by atoms with Crippen molar-refractivity contribution >= 4 is 23.7 Å². The summed E-state index contributed by atoms with van der Waals surface area (Å²) in [5.41, 5.74) is 5.97. The molecule has 0 bridgehead atoms. The second kappa shape index (κ2) is 9.01. The average molecular weight is 379 g/mol. The molecule has 136 valence electrons. The maximum Gasteiger partial charge on any atom is 0.271 e. The predicted octanol–water partition coefficient (Wildman–Crippen LogP) is 4.99. The van der Waals surface area contributed by atoms with E-state index < -0.39 is 0 Å². The van der Waals surface area contributed by atoms with Crippen molar-refractivity contribution < 1.29 is 9.53 Å². The van der Waals surface area contributed by atoms with Gasteiger partial charge in [-0.2, -0.15) is 5.10 Å². The maximum absolute atomic E-state index is 12.1. The van der Waals surface area contributed by atoms with Gasteiger partial charge in [0.05, 0.1) is 6.21 Å². The molecule has 0 unspecified atom stereocenters. The molecule has 0 spiro atoms. The van der Waals surface area contributed by atoms with Gasteiger partial charge >= 0.3 is 0 Å². The minimum atomic E-state index is -0.229. The van der Waals surface area contributed by atoms with Crippen LogP contribution in [0.3, 0.4) is 0 Å². The molecule has 0 fully saturated rings. The standard InChI is InChI=1S/C22H19ClN2O2/c1-16-4-2-3-5-21(16)22(26)25-24-14-17-8-12-20(13-9-17)27-15-18-6-10-19(23)11-7-18/h2-14H,15H2,1H3,(H,25,26)/b24-14-. The Morgan fingerprint density at radius 1 is 1.04 bits per heavy atom. The van der Waals surface area contributed by atoms with Crippen molar-refractivity contribution in [2.75, 3.05) is 0 Å². The van der Waals surface area contributed by atoms with Crippen molar-refractivity contribution in [2.45, 2.75) is 13.5 Å². The van der Waals surface area contributed by atoms with E-state index in [1.165, 1.54) is 0 Å². The van der Waals surface area contributed by atoms with E-state index in [4.69, 9.17) is 16.3 Å². The van der Waals surface area contributed by atoms with Gasteiger partial charge in [0.25, 0.3) is 5.91 Å². The van der Waals surface area contributed by atoms with E-state index in [2.05, 4.69) is 10.5 Å². The van der Waals surface area contributed by atoms with Gasteiger partial charge in [-0.3, -0.25) is 4.79 Å². The van der Waals surface area contributed by atoms with E-state index in [1.54, 1.807) is 12.3 Å². The predicted molar refractivity (Wildman–Crippen MR) is 108 cm³/mol. The van der Waals surface area contributed by atoms with Gasteiger partial charge in [-0.1, -0.05) is 41.9 Å². The van der Waals surface area contributed by atoms with Gasteiger partial charge in [0.15, 0.2) is 0 Å². The smallest absolute Gasteiger partial charge is 0.271 e. The number of hydrogen-bond donors (Lipinski definition) is 1. The summed E-state index contributed by atoms with van der Waals surface area (Å²) >= 11 is 5.87. The lowest BCUT2D eigenvalue weighted by Gasteiger charge is -2.06. The van der Waals surface area contributed by atoms with Gasteiger partial charge in [-0.15, -0.1) is 0 Å². The van der Waals surface area contributed by atoms with Crippen molar-refractivity contribution in [3.05, 3.63) is 100 Å². The zero-order valence-electron chi connectivity index (χ0n) is 14.9. The molecule has 1 amide bonds. The molecule has 27 heavy (non-hydrogen) atoms. The van der Waals surface area contributed by atoms with Crippen LogP contribution in [-0.4, -0.2) is 12.1 Å². The molecule has 0 saturated heterocycles. The Hall–Kier alpha value is -3.11. The summed E-state index contributed by atoms with van der Waals surface area (Å²) < 4.78 is 5.74. The van der Waals surface area contributed by atoms with Crippen molar-refractivity contribution in [1.82, 2.24) is 5.43 Å². The first-order valence-corrected chi connectivity index (χ1v) is 8.86. The highest BCUT2D eigenvalue weighted by Gasteiger charge is 2.06. The van der Waals surface area contributed by atoms with Crippen LogP contribution in [0, 0.1) is 6.92 Å². The van der Waals surface area contributed by atoms with Crippen LogP contribution in [0.4, 0.5) is 0 Å². The number of hydrazone groups is 1. The number of nitrogens with one attached hydrogen (secondary N) is 1. The average Bonchev–Trinajstić information content (AvgIpc) is 2.69. The molecule has 3 aromatic rings. The molecular formula is C22H19ClN2O2. The summed E-state index contributed by atoms with van der Waals surface area (Å²) in [6.07, 6.45) is 1.60. The Kier molecular flexibility index (Phi) is 6.23. The molecule has 0 radical (unpaired) electrons. The van der Waals surface area contributed by atoms with Crippen LogP contribution >= 0.6 is 11.6 Å². The van der Waals surface area contributed by atoms with Crippen LogP contribution in [-0.2, 0) is 6.61 Å². The normalized spacial score (nSPS) is 10.7. The summed E-state index contributed by atoms with van der Waals surface area (Å²) in [7, 11) is 0. The summed E-state index contributed by atoms with van der Waals surface area (Å²) in [5.74, 6) is 0.526. The molecule has 0 aliphatic rings. The third kappa shape index (κ3) is 5.43. The first kappa shape index (κ1) is 18.7. The number of amides is 1. The number of ether oxygens (including phenoxy) is 1. The van der Waals surface area contributed by atoms with Crippen LogP contribution in [0.15, 0.2) is 77.9 Å². The third-order valence-electron chi connectivity index (χ3n) is 3.97. The van der Waals surface area contributed by atoms with Gasteiger partial charge in [-0.25, -0.2) is 5.43 Å². The van der Waals surface area contributed by atoms with E-state index >= 15 is 0 Å². The second-order valence-electron chi connectivity index (χ2n) is 6.00. The highest BCUT2D eigenvalue weighted by atomic mass is 35.5. The lowest BCUT2D eigenvalue weighted by atomic mass is 10.1. The molecule has 0 heterocycles. The van der Waals surface area contributed by atoms with Crippen molar-refractivity contribution in [3.8, 4) is 5.75 Å². The molecule has 3 aromatic carbocycles. The largest absolute Gasteiger partial charge is 0.489 e. The van der Waals surface area contributed by atoms with Crippen LogP contribution in [0.1, 0.15) is 27.0 Å². The summed E-state index contributed by atoms with van der Waals surface area (Å²) in [6.45, 7) is 2.36. The lowest BCUT2D eigenvalue weighted by molar-refractivity contribution is 0.0954. The van der Waals surface area contributed by atoms with Crippen molar-refractivity contribution in [2.24, 2.45) is 5.10 Å². The molecule has 0 aliphatic carbocycles. The van der Waals surface area contributed by atoms with E-state index in [0.717, 1.165) is 22.4 Å². The number of carbonyl (C=O) groups is 1. The molecule has 0 aliphatic heterocycles. The lowest BCUT2D eigenvalue weighted by Crippen LogP contribution is -2.18. The number of aryl methyl sites for hydroxylation is 1. The van der Waals surface area contributed by atoms with E-state index in [0.29, 0.717) is 17.2 Å². The number of halogens is 1. The fraction of sp³-hybridized carbons (Fsp3) is 0.0909. The molecule has 1 N–H and O–H groups in total. The summed E-state index contributed by atoms with van der Waals surface area (Å²) in [4.78, 5) is 12.1. The number of benzene rings is 3. The minimum Gasteiger partial charge on any atom is -0.489 e. The number of rotatable bonds is 6. The zero-order valence-corrected chi connectivity index (χ0v) is 15.6. The minimum absolute atomic E-state index is 0.229. The monoisotopic (exact) mass is 378 g/mol. The number of carbonyl (C=O) groups excluding carboxylic acids is 1. The molecule has 5 heteroatoms. The molecule has 3 rings (SSSR count). The van der Waals surface area contributed by atoms with Gasteiger partial charge in [0.1, 0.15) is 12.4 Å². The topological polar surface area (TPSA) is 50.7 Å². The Labute approximate surface area is 163 Å². The molecule has 4 nitrogen and oxygen atoms in total. The summed E-state index contributed by atoms with van der Waals surface area (Å²) in [6, 6.07) is 22.4. The van der Waals surface area contributed by atoms with Crippen LogP contribution in [0.2, 0.25) is 5.02 Å². The maximum atomic E-state index is 12.1. The molecule has 0 aromatic heterocycles. The van der Waals surface area contributed by atoms with Gasteiger partial charge in [-0.05, 0) is 66.1 Å². The number of hydrogen-bond acceptors (Lipinski definition) is 3. The third-order valence-corrected chi connectivity index (χ3v) is 4.22. The SMILES string of the molecule is Cc1ccccc1C(=O)N/N=C\c1ccc(OCc2ccc(Cl)cc2)cc1. The molecular weight excluding hydrogens is 360 g/mol. The highest BCUT2D eigenvalue weighted by molar-refractivity contribution is 6.30.